The van der Waals surface area contributed by atoms with Crippen LogP contribution in [0.15, 0.2) is 108 Å². The molecule has 5 rings (SSSR count). The van der Waals surface area contributed by atoms with Crippen LogP contribution in [-0.2, 0) is 11.2 Å². The summed E-state index contributed by atoms with van der Waals surface area (Å²) >= 11 is 1.77. The fourth-order valence-electron chi connectivity index (χ4n) is 4.52. The molecule has 4 aromatic rings. The maximum Gasteiger partial charge on any atom is 0.337 e. The number of benzene rings is 4. The predicted molar refractivity (Wildman–Crippen MR) is 155 cm³/mol. The summed E-state index contributed by atoms with van der Waals surface area (Å²) in [5.74, 6) is 0.0384. The molecule has 0 bridgehead atoms. The number of nitrogens with one attached hydrogen (secondary N) is 1. The van der Waals surface area contributed by atoms with E-state index in [0.29, 0.717) is 16.7 Å². The Kier molecular flexibility index (Phi) is 8.47. The Bertz CT molecular complexity index is 1490. The molecule has 40 heavy (non-hydrogen) atoms. The third-order valence-corrected chi connectivity index (χ3v) is 7.80. The van der Waals surface area contributed by atoms with E-state index in [9.17, 15) is 19.5 Å². The first-order valence-corrected chi connectivity index (χ1v) is 13.8. The summed E-state index contributed by atoms with van der Waals surface area (Å²) in [6.07, 6.45) is 1.06. The standard InChI is InChI=1S/C32H28N2O5S/c35-30(33-29-9-5-4-8-28(29)32(37)38)20-22-10-12-24(13-11-22)39-25-14-16-26(17-15-25)40-27-18-19-34(21-27)31(36)23-6-2-1-3-7-23/h1-17,27H,18-21H2,(H,33,35)(H,37,38)/t27-/m0/s1. The fraction of sp³-hybridized carbons (Fsp3) is 0.156. The Labute approximate surface area is 236 Å². The number of para-hydroxylation sites is 1. The molecule has 1 aliphatic rings. The lowest BCUT2D eigenvalue weighted by atomic mass is 10.1. The average Bonchev–Trinajstić information content (AvgIpc) is 3.44. The summed E-state index contributed by atoms with van der Waals surface area (Å²) in [6, 6.07) is 30.8. The molecule has 202 valence electrons. The van der Waals surface area contributed by atoms with Crippen molar-refractivity contribution in [1.82, 2.24) is 4.90 Å². The molecule has 0 spiro atoms. The van der Waals surface area contributed by atoms with Crippen LogP contribution in [0, 0.1) is 0 Å². The number of likely N-dealkylation sites (tertiary alicyclic amines) is 1. The molecule has 4 aromatic carbocycles. The Morgan fingerprint density at radius 2 is 1.50 bits per heavy atom. The van der Waals surface area contributed by atoms with E-state index >= 15 is 0 Å². The highest BCUT2D eigenvalue weighted by Crippen LogP contribution is 2.32. The van der Waals surface area contributed by atoms with Crippen LogP contribution < -0.4 is 10.1 Å². The fourth-order valence-corrected chi connectivity index (χ4v) is 5.68. The number of carbonyl (C=O) groups is 3. The summed E-state index contributed by atoms with van der Waals surface area (Å²) < 4.78 is 5.97. The van der Waals surface area contributed by atoms with Crippen LogP contribution in [0.5, 0.6) is 11.5 Å². The van der Waals surface area contributed by atoms with E-state index in [-0.39, 0.29) is 29.5 Å². The van der Waals surface area contributed by atoms with Crippen molar-refractivity contribution in [3.05, 3.63) is 120 Å². The number of carboxylic acid groups (broad SMARTS) is 1. The van der Waals surface area contributed by atoms with Crippen molar-refractivity contribution in [1.29, 1.82) is 0 Å². The Balaban J connectivity index is 1.10. The summed E-state index contributed by atoms with van der Waals surface area (Å²) in [6.45, 7) is 1.49. The van der Waals surface area contributed by atoms with Gasteiger partial charge in [-0.2, -0.15) is 0 Å². The highest BCUT2D eigenvalue weighted by Gasteiger charge is 2.27. The molecule has 2 N–H and O–H groups in total. The topological polar surface area (TPSA) is 95.9 Å². The number of hydrogen-bond donors (Lipinski definition) is 2. The highest BCUT2D eigenvalue weighted by atomic mass is 32.2. The molecular formula is C32H28N2O5S. The van der Waals surface area contributed by atoms with Crippen LogP contribution in [0.1, 0.15) is 32.7 Å². The van der Waals surface area contributed by atoms with Crippen LogP contribution >= 0.6 is 11.8 Å². The normalized spacial score (nSPS) is 14.5. The largest absolute Gasteiger partial charge is 0.478 e. The Morgan fingerprint density at radius 1 is 0.850 bits per heavy atom. The lowest BCUT2D eigenvalue weighted by molar-refractivity contribution is -0.115. The number of nitrogens with zero attached hydrogens (tertiary/aromatic N) is 1. The van der Waals surface area contributed by atoms with Crippen LogP contribution in [-0.4, -0.2) is 46.1 Å². The van der Waals surface area contributed by atoms with E-state index in [1.54, 1.807) is 42.1 Å². The van der Waals surface area contributed by atoms with Gasteiger partial charge in [-0.1, -0.05) is 42.5 Å². The van der Waals surface area contributed by atoms with Crippen LogP contribution in [0.25, 0.3) is 0 Å². The number of rotatable bonds is 9. The zero-order valence-electron chi connectivity index (χ0n) is 21.7. The van der Waals surface area contributed by atoms with Gasteiger partial charge in [-0.15, -0.1) is 11.8 Å². The number of hydrogen-bond acceptors (Lipinski definition) is 5. The zero-order valence-corrected chi connectivity index (χ0v) is 22.5. The molecule has 1 atom stereocenters. The van der Waals surface area contributed by atoms with Crippen molar-refractivity contribution in [2.24, 2.45) is 0 Å². The van der Waals surface area contributed by atoms with Crippen molar-refractivity contribution in [2.75, 3.05) is 18.4 Å². The Hall–Kier alpha value is -4.56. The highest BCUT2D eigenvalue weighted by molar-refractivity contribution is 8.00. The number of carbonyl (C=O) groups excluding carboxylic acids is 2. The van der Waals surface area contributed by atoms with Gasteiger partial charge in [-0.3, -0.25) is 9.59 Å². The van der Waals surface area contributed by atoms with Gasteiger partial charge in [0.05, 0.1) is 17.7 Å². The van der Waals surface area contributed by atoms with Crippen molar-refractivity contribution in [3.63, 3.8) is 0 Å². The first kappa shape index (κ1) is 27.0. The third kappa shape index (κ3) is 6.90. The molecule has 0 saturated carbocycles. The molecule has 0 radical (unpaired) electrons. The summed E-state index contributed by atoms with van der Waals surface area (Å²) in [5, 5.41) is 12.3. The van der Waals surface area contributed by atoms with Crippen molar-refractivity contribution in [3.8, 4) is 11.5 Å². The smallest absolute Gasteiger partial charge is 0.337 e. The van der Waals surface area contributed by atoms with Gasteiger partial charge in [0.15, 0.2) is 0 Å². The van der Waals surface area contributed by atoms with Crippen molar-refractivity contribution < 1.29 is 24.2 Å². The van der Waals surface area contributed by atoms with E-state index < -0.39 is 5.97 Å². The predicted octanol–water partition coefficient (Wildman–Crippen LogP) is 6.37. The SMILES string of the molecule is O=C(Cc1ccc(Oc2ccc(S[C@H]3CCN(C(=O)c4ccccc4)C3)cc2)cc1)Nc1ccccc1C(=O)O. The van der Waals surface area contributed by atoms with E-state index in [0.717, 1.165) is 35.5 Å². The minimum Gasteiger partial charge on any atom is -0.478 e. The molecule has 2 amide bonds. The van der Waals surface area contributed by atoms with Gasteiger partial charge in [0.25, 0.3) is 5.91 Å². The van der Waals surface area contributed by atoms with Crippen molar-refractivity contribution in [2.45, 2.75) is 23.0 Å². The molecule has 8 heteroatoms. The van der Waals surface area contributed by atoms with E-state index in [2.05, 4.69) is 5.32 Å². The molecule has 1 saturated heterocycles. The van der Waals surface area contributed by atoms with Gasteiger partial charge in [-0.25, -0.2) is 4.79 Å². The summed E-state index contributed by atoms with van der Waals surface area (Å²) in [7, 11) is 0. The Morgan fingerprint density at radius 3 is 2.20 bits per heavy atom. The van der Waals surface area contributed by atoms with Crippen LogP contribution in [0.3, 0.4) is 0 Å². The molecular weight excluding hydrogens is 524 g/mol. The zero-order chi connectivity index (χ0) is 27.9. The second-order valence-corrected chi connectivity index (χ2v) is 10.8. The second-order valence-electron chi connectivity index (χ2n) is 9.44. The van der Waals surface area contributed by atoms with E-state index in [1.165, 1.54) is 6.07 Å². The van der Waals surface area contributed by atoms with Gasteiger partial charge < -0.3 is 20.1 Å². The number of ether oxygens (including phenoxy) is 1. The van der Waals surface area contributed by atoms with E-state index in [1.807, 2.05) is 71.6 Å². The molecule has 7 nitrogen and oxygen atoms in total. The molecule has 1 heterocycles. The number of anilines is 1. The van der Waals surface area contributed by atoms with Gasteiger partial charge in [-0.05, 0) is 72.6 Å². The maximum atomic E-state index is 12.7. The molecule has 0 unspecified atom stereocenters. The lowest BCUT2D eigenvalue weighted by Crippen LogP contribution is -2.28. The van der Waals surface area contributed by atoms with Gasteiger partial charge in [0.1, 0.15) is 11.5 Å². The maximum absolute atomic E-state index is 12.7. The quantitative estimate of drug-likeness (QED) is 0.251. The lowest BCUT2D eigenvalue weighted by Gasteiger charge is -2.16. The van der Waals surface area contributed by atoms with E-state index in [4.69, 9.17) is 4.74 Å². The third-order valence-electron chi connectivity index (χ3n) is 6.53. The summed E-state index contributed by atoms with van der Waals surface area (Å²) in [5.41, 5.74) is 1.83. The van der Waals surface area contributed by atoms with Crippen LogP contribution in [0.2, 0.25) is 0 Å². The minimum atomic E-state index is -1.09. The monoisotopic (exact) mass is 552 g/mol. The van der Waals surface area contributed by atoms with Crippen molar-refractivity contribution >= 4 is 35.2 Å². The number of aromatic carboxylic acids is 1. The molecule has 0 aromatic heterocycles. The summed E-state index contributed by atoms with van der Waals surface area (Å²) in [4.78, 5) is 39.5. The molecule has 0 aliphatic carbocycles. The second kappa shape index (κ2) is 12.5. The molecule has 1 aliphatic heterocycles. The number of thioether (sulfide) groups is 1. The molecule has 1 fully saturated rings. The van der Waals surface area contributed by atoms with Gasteiger partial charge in [0.2, 0.25) is 5.91 Å². The van der Waals surface area contributed by atoms with Gasteiger partial charge in [0, 0.05) is 28.8 Å². The minimum absolute atomic E-state index is 0.0485. The first-order chi connectivity index (χ1) is 19.4. The van der Waals surface area contributed by atoms with Gasteiger partial charge >= 0.3 is 5.97 Å². The van der Waals surface area contributed by atoms with Crippen LogP contribution in [0.4, 0.5) is 5.69 Å². The average molecular weight is 553 g/mol. The first-order valence-electron chi connectivity index (χ1n) is 12.9. The number of amides is 2. The number of carboxylic acids is 1.